The highest BCUT2D eigenvalue weighted by Gasteiger charge is 2.33. The molecule has 4 atom stereocenters. The summed E-state index contributed by atoms with van der Waals surface area (Å²) < 4.78 is 64.2. The molecule has 0 saturated carbocycles. The first kappa shape index (κ1) is 74.8. The number of nitrogens with zero attached hydrogens (tertiary/aromatic N) is 6. The van der Waals surface area contributed by atoms with Crippen molar-refractivity contribution >= 4 is 118 Å². The molecule has 2 amide bonds. The molecular weight excluding hydrogens is 1250 g/mol. The van der Waals surface area contributed by atoms with Gasteiger partial charge in [-0.2, -0.15) is 28.1 Å². The molecule has 7 N–H and O–H groups in total. The molecule has 0 saturated heterocycles. The third-order valence-electron chi connectivity index (χ3n) is 11.1. The molecule has 4 unspecified atom stereocenters. The number of aromatic nitrogens is 3. The van der Waals surface area contributed by atoms with E-state index in [-0.39, 0.29) is 69.7 Å². The Morgan fingerprint density at radius 3 is 2.14 bits per heavy atom. The second-order valence-electron chi connectivity index (χ2n) is 19.4. The van der Waals surface area contributed by atoms with Gasteiger partial charge < -0.3 is 55.5 Å². The minimum atomic E-state index is -4.58. The Kier molecular flexibility index (Phi) is 30.6. The first-order valence-electron chi connectivity index (χ1n) is 25.6. The maximum Gasteiger partial charge on any atom is 0.416 e. The molecule has 0 fully saturated rings. The van der Waals surface area contributed by atoms with Gasteiger partial charge in [0.05, 0.1) is 45.6 Å². The molecule has 1 aliphatic rings. The monoisotopic (exact) mass is 1310 g/mol. The number of carboxylic acid groups (broad SMARTS) is 2. The molecule has 4 aromatic carbocycles. The predicted molar refractivity (Wildman–Crippen MR) is 324 cm³/mol. The van der Waals surface area contributed by atoms with E-state index in [1.165, 1.54) is 6.66 Å². The molecule has 2 heterocycles. The van der Waals surface area contributed by atoms with Gasteiger partial charge in [0.2, 0.25) is 23.1 Å². The number of hydrogen-bond donors (Lipinski definition) is 6. The number of rotatable bonds is 18. The number of aromatic carboxylic acids is 1. The van der Waals surface area contributed by atoms with Crippen molar-refractivity contribution in [3.8, 4) is 17.2 Å². The Hall–Kier alpha value is -6.28. The molecule has 1 aliphatic heterocycles. The van der Waals surface area contributed by atoms with Crippen LogP contribution in [0.15, 0.2) is 78.9 Å². The van der Waals surface area contributed by atoms with Gasteiger partial charge in [0, 0.05) is 44.2 Å². The van der Waals surface area contributed by atoms with Crippen LogP contribution in [0.5, 0.6) is 17.2 Å². The van der Waals surface area contributed by atoms with E-state index in [0.717, 1.165) is 65.8 Å². The fraction of sp³-hybridized carbons (Fsp3) is 0.426. The van der Waals surface area contributed by atoms with Crippen LogP contribution < -0.4 is 35.6 Å². The molecule has 31 heteroatoms. The van der Waals surface area contributed by atoms with Crippen LogP contribution in [-0.4, -0.2) is 133 Å². The number of fused-ring (bicyclic) bond motifs is 1. The first-order chi connectivity index (χ1) is 39.5. The van der Waals surface area contributed by atoms with Crippen LogP contribution in [0.1, 0.15) is 81.9 Å². The van der Waals surface area contributed by atoms with Gasteiger partial charge >= 0.3 is 18.1 Å². The Labute approximate surface area is 515 Å². The van der Waals surface area contributed by atoms with Crippen LogP contribution in [0.4, 0.5) is 42.1 Å². The summed E-state index contributed by atoms with van der Waals surface area (Å²) in [5.74, 6) is -1.74. The summed E-state index contributed by atoms with van der Waals surface area (Å²) in [6.07, 6.45) is -3.70. The molecule has 0 radical (unpaired) electrons. The van der Waals surface area contributed by atoms with Crippen molar-refractivity contribution in [1.82, 2.24) is 15.0 Å². The number of methoxy groups -OCH3 is 1. The van der Waals surface area contributed by atoms with E-state index in [4.69, 9.17) is 93.1 Å². The van der Waals surface area contributed by atoms with E-state index in [9.17, 15) is 47.0 Å². The third-order valence-corrected chi connectivity index (χ3v) is 13.3. The van der Waals surface area contributed by atoms with E-state index in [2.05, 4.69) is 38.6 Å². The quantitative estimate of drug-likeness (QED) is 0.0205. The second-order valence-corrected chi connectivity index (χ2v) is 24.1. The van der Waals surface area contributed by atoms with Crippen LogP contribution >= 0.6 is 65.4 Å². The van der Waals surface area contributed by atoms with E-state index in [0.29, 0.717) is 36.9 Å². The van der Waals surface area contributed by atoms with Crippen LogP contribution in [0.25, 0.3) is 0 Å². The van der Waals surface area contributed by atoms with E-state index < -0.39 is 58.1 Å². The molecule has 22 nitrogen and oxygen atoms in total. The molecular formula is C54H68Cl5F3N9O13P. The van der Waals surface area contributed by atoms with E-state index in [1.54, 1.807) is 16.9 Å². The molecule has 0 spiro atoms. The van der Waals surface area contributed by atoms with Crippen LogP contribution in [0.3, 0.4) is 0 Å². The average molecular weight is 1320 g/mol. The van der Waals surface area contributed by atoms with Crippen molar-refractivity contribution in [2.24, 2.45) is 5.73 Å². The highest BCUT2D eigenvalue weighted by atomic mass is 35.5. The summed E-state index contributed by atoms with van der Waals surface area (Å²) in [6, 6.07) is 17.6. The van der Waals surface area contributed by atoms with Gasteiger partial charge in [-0.15, -0.1) is 11.6 Å². The van der Waals surface area contributed by atoms with Crippen molar-refractivity contribution < 1.29 is 71.2 Å². The first-order valence-corrected chi connectivity index (χ1v) is 30.0. The van der Waals surface area contributed by atoms with Crippen LogP contribution in [-0.2, 0) is 36.3 Å². The Bertz CT molecular complexity index is 3110. The lowest BCUT2D eigenvalue weighted by Gasteiger charge is -2.35. The summed E-state index contributed by atoms with van der Waals surface area (Å²) in [5, 5.41) is 34.0. The highest BCUT2D eigenvalue weighted by molar-refractivity contribution is 7.57. The SMILES string of the molecule is CC1COc2ccccc2N1C(=O)C(Cl)Cl.CCNc1nc(Cl)nc(NC(C)(C)C)n1.CCc1cccc(C)c1N(C(=O)CCl)C(C)COC.CP(=O)(O)CCC(N)C(=O)O.O=C(O)c1cc(Oc2ccc(C(F)(F)F)cc2Cl)ccc1[N+](=O)[O-]. The van der Waals surface area contributed by atoms with Crippen molar-refractivity contribution in [1.29, 1.82) is 0 Å². The number of nitro benzene ring substituents is 1. The molecule has 0 aliphatic carbocycles. The van der Waals surface area contributed by atoms with Crippen LogP contribution in [0.2, 0.25) is 10.3 Å². The minimum Gasteiger partial charge on any atom is -0.489 e. The average Bonchev–Trinajstić information content (AvgIpc) is 2.05. The highest BCUT2D eigenvalue weighted by Crippen LogP contribution is 2.39. The zero-order valence-electron chi connectivity index (χ0n) is 47.9. The molecule has 468 valence electrons. The van der Waals surface area contributed by atoms with Crippen molar-refractivity contribution in [3.63, 3.8) is 0 Å². The van der Waals surface area contributed by atoms with Crippen molar-refractivity contribution in [2.45, 2.75) is 103 Å². The molecule has 1 aromatic heterocycles. The van der Waals surface area contributed by atoms with Crippen LogP contribution in [0, 0.1) is 17.0 Å². The Balaban J connectivity index is 0.000000371. The van der Waals surface area contributed by atoms with E-state index >= 15 is 0 Å². The standard InChI is InChI=1S/C15H22ClNO2.C14H7ClF3NO5.C11H11Cl2NO2.C9H16ClN5.C5H12NO4P/c1-5-13-8-6-7-11(2)15(13)17(14(18)9-16)12(3)10-19-4;15-10-5-7(14(16,17)18)1-4-12(10)24-8-2-3-11(19(22)23)9(6-8)13(20)21;1-7-6-16-9-5-3-2-4-8(9)14(7)11(15)10(12)13;1-5-11-7-12-6(10)13-8(14-7)15-9(2,3)4;1-11(9,10)3-2-4(6)5(7)8/h6-8,12H,5,9-10H2,1-4H3;1-6H,(H,20,21);2-5,7,10H,6H2,1H3;5H2,1-4H3,(H2,11,12,13,14,15);4H,2-3,6H2,1H3,(H,7,8)(H,9,10). The maximum atomic E-state index is 12.6. The number of anilines is 4. The molecule has 85 heavy (non-hydrogen) atoms. The van der Waals surface area contributed by atoms with Crippen molar-refractivity contribution in [2.75, 3.05) is 66.0 Å². The summed E-state index contributed by atoms with van der Waals surface area (Å²) >= 11 is 28.5. The summed E-state index contributed by atoms with van der Waals surface area (Å²) in [7, 11) is -1.47. The number of hydrogen-bond acceptors (Lipinski definition) is 16. The number of carbonyl (C=O) groups excluding carboxylic acids is 2. The largest absolute Gasteiger partial charge is 0.489 e. The molecule has 5 aromatic rings. The zero-order valence-corrected chi connectivity index (χ0v) is 52.6. The van der Waals surface area contributed by atoms with Gasteiger partial charge in [0.25, 0.3) is 11.6 Å². The minimum absolute atomic E-state index is 0.0223. The number of carboxylic acids is 2. The summed E-state index contributed by atoms with van der Waals surface area (Å²) in [4.78, 5) is 78.3. The Morgan fingerprint density at radius 2 is 1.62 bits per heavy atom. The predicted octanol–water partition coefficient (Wildman–Crippen LogP) is 12.4. The zero-order chi connectivity index (χ0) is 64.7. The van der Waals surface area contributed by atoms with Crippen molar-refractivity contribution in [3.05, 3.63) is 122 Å². The number of para-hydroxylation sites is 3. The molecule has 6 rings (SSSR count). The fourth-order valence-electron chi connectivity index (χ4n) is 7.34. The number of halogens is 8. The van der Waals surface area contributed by atoms with Gasteiger partial charge in [-0.25, -0.2) is 4.79 Å². The number of aliphatic carboxylic acids is 1. The van der Waals surface area contributed by atoms with E-state index in [1.807, 2.05) is 84.9 Å². The number of benzene rings is 4. The number of nitrogens with two attached hydrogens (primary N) is 1. The summed E-state index contributed by atoms with van der Waals surface area (Å²) in [5.41, 5.74) is 6.67. The fourth-order valence-corrected chi connectivity index (χ4v) is 8.81. The van der Waals surface area contributed by atoms with Gasteiger partial charge in [0.1, 0.15) is 41.3 Å². The maximum absolute atomic E-state index is 12.6. The topological polar surface area (TPSA) is 312 Å². The van der Waals surface area contributed by atoms with Gasteiger partial charge in [-0.1, -0.05) is 72.1 Å². The van der Waals surface area contributed by atoms with Gasteiger partial charge in [-0.3, -0.25) is 29.1 Å². The van der Waals surface area contributed by atoms with Gasteiger partial charge in [0.15, 0.2) is 12.2 Å². The lowest BCUT2D eigenvalue weighted by atomic mass is 10.0. The number of carbonyl (C=O) groups is 4. The second kappa shape index (κ2) is 34.8. The number of alkyl halides is 6. The number of ether oxygens (including phenoxy) is 3. The number of amides is 2. The molecule has 0 bridgehead atoms. The normalized spacial score (nSPS) is 13.9. The number of aryl methyl sites for hydroxylation is 2. The van der Waals surface area contributed by atoms with Gasteiger partial charge in [-0.05, 0) is 120 Å². The number of nitro groups is 1. The lowest BCUT2D eigenvalue weighted by Crippen LogP contribution is -2.47. The summed E-state index contributed by atoms with van der Waals surface area (Å²) in [6.45, 7) is 18.9. The lowest BCUT2D eigenvalue weighted by molar-refractivity contribution is -0.385. The number of nitrogens with one attached hydrogen (secondary N) is 2. The Morgan fingerprint density at radius 1 is 0.988 bits per heavy atom. The smallest absolute Gasteiger partial charge is 0.416 e. The third kappa shape index (κ3) is 25.3.